The molecular weight excluding hydrogens is 262 g/mol. The van der Waals surface area contributed by atoms with Crippen LogP contribution in [-0.2, 0) is 4.79 Å². The van der Waals surface area contributed by atoms with Gasteiger partial charge < -0.3 is 10.0 Å². The predicted molar refractivity (Wildman–Crippen MR) is 81.6 cm³/mol. The Morgan fingerprint density at radius 1 is 1.05 bits per heavy atom. The average molecular weight is 291 g/mol. The molecule has 1 aliphatic heterocycles. The highest BCUT2D eigenvalue weighted by Crippen LogP contribution is 2.60. The molecule has 4 bridgehead atoms. The fourth-order valence-electron chi connectivity index (χ4n) is 6.29. The molecule has 4 aliphatic carbocycles. The second kappa shape index (κ2) is 4.97. The fraction of sp³-hybridized carbons (Fsp3) is 0.944. The SMILES string of the molecule is CC(O)C1CCN(C(=O)C23CC4CC(CC(C4)C2)C3)CC1. The highest BCUT2D eigenvalue weighted by atomic mass is 16.3. The molecule has 1 amide bonds. The van der Waals surface area contributed by atoms with Crippen molar-refractivity contribution in [3.8, 4) is 0 Å². The van der Waals surface area contributed by atoms with Crippen molar-refractivity contribution < 1.29 is 9.90 Å². The number of nitrogens with zero attached hydrogens (tertiary/aromatic N) is 1. The lowest BCUT2D eigenvalue weighted by Crippen LogP contribution is -2.56. The zero-order valence-electron chi connectivity index (χ0n) is 13.3. The van der Waals surface area contributed by atoms with Gasteiger partial charge in [0, 0.05) is 13.1 Å². The summed E-state index contributed by atoms with van der Waals surface area (Å²) in [6.45, 7) is 3.63. The standard InChI is InChI=1S/C18H29NO2/c1-12(20)16-2-4-19(5-3-16)17(21)18-9-13-6-14(10-18)8-15(7-13)11-18/h12-16,20H,2-11H2,1H3. The van der Waals surface area contributed by atoms with E-state index in [0.29, 0.717) is 11.8 Å². The Hall–Kier alpha value is -0.570. The molecule has 1 atom stereocenters. The topological polar surface area (TPSA) is 40.5 Å². The first-order valence-electron chi connectivity index (χ1n) is 9.03. The summed E-state index contributed by atoms with van der Waals surface area (Å²) in [6.07, 6.45) is 9.47. The van der Waals surface area contributed by atoms with Crippen molar-refractivity contribution in [2.75, 3.05) is 13.1 Å². The van der Waals surface area contributed by atoms with Crippen molar-refractivity contribution >= 4 is 5.91 Å². The first-order chi connectivity index (χ1) is 10.1. The molecule has 3 heteroatoms. The van der Waals surface area contributed by atoms with Crippen LogP contribution in [0, 0.1) is 29.1 Å². The van der Waals surface area contributed by atoms with E-state index >= 15 is 0 Å². The Kier molecular flexibility index (Phi) is 3.33. The highest BCUT2D eigenvalue weighted by molar-refractivity contribution is 5.83. The maximum atomic E-state index is 13.2. The summed E-state index contributed by atoms with van der Waals surface area (Å²) in [7, 11) is 0. The van der Waals surface area contributed by atoms with Gasteiger partial charge in [-0.2, -0.15) is 0 Å². The molecule has 21 heavy (non-hydrogen) atoms. The van der Waals surface area contributed by atoms with Crippen molar-refractivity contribution in [1.82, 2.24) is 4.90 Å². The van der Waals surface area contributed by atoms with Crippen LogP contribution in [0.2, 0.25) is 0 Å². The Bertz CT molecular complexity index is 388. The normalized spacial score (nSPS) is 44.1. The average Bonchev–Trinajstić information content (AvgIpc) is 2.45. The zero-order chi connectivity index (χ0) is 14.6. The fourth-order valence-corrected chi connectivity index (χ4v) is 6.29. The number of rotatable bonds is 2. The van der Waals surface area contributed by atoms with E-state index in [1.807, 2.05) is 6.92 Å². The molecule has 0 radical (unpaired) electrons. The minimum absolute atomic E-state index is 0.0203. The number of amides is 1. The number of carbonyl (C=O) groups is 1. The van der Waals surface area contributed by atoms with Gasteiger partial charge in [-0.1, -0.05) is 0 Å². The van der Waals surface area contributed by atoms with E-state index < -0.39 is 0 Å². The van der Waals surface area contributed by atoms with E-state index in [2.05, 4.69) is 4.90 Å². The predicted octanol–water partition coefficient (Wildman–Crippen LogP) is 2.82. The van der Waals surface area contributed by atoms with Crippen molar-refractivity contribution in [1.29, 1.82) is 0 Å². The zero-order valence-corrected chi connectivity index (χ0v) is 13.3. The van der Waals surface area contributed by atoms with Gasteiger partial charge in [-0.15, -0.1) is 0 Å². The minimum Gasteiger partial charge on any atom is -0.393 e. The molecular formula is C18H29NO2. The summed E-state index contributed by atoms with van der Waals surface area (Å²) >= 11 is 0. The van der Waals surface area contributed by atoms with E-state index in [-0.39, 0.29) is 11.5 Å². The van der Waals surface area contributed by atoms with Crippen LogP contribution in [0.1, 0.15) is 58.3 Å². The van der Waals surface area contributed by atoms with E-state index in [1.54, 1.807) is 0 Å². The van der Waals surface area contributed by atoms with Crippen molar-refractivity contribution in [2.24, 2.45) is 29.1 Å². The number of likely N-dealkylation sites (tertiary alicyclic amines) is 1. The molecule has 5 aliphatic rings. The van der Waals surface area contributed by atoms with Gasteiger partial charge in [-0.05, 0) is 82.0 Å². The van der Waals surface area contributed by atoms with Gasteiger partial charge in [0.15, 0.2) is 0 Å². The highest BCUT2D eigenvalue weighted by Gasteiger charge is 2.55. The summed E-state index contributed by atoms with van der Waals surface area (Å²) in [5.41, 5.74) is 0.0203. The van der Waals surface area contributed by atoms with E-state index in [1.165, 1.54) is 38.5 Å². The molecule has 4 saturated carbocycles. The van der Waals surface area contributed by atoms with Gasteiger partial charge in [-0.25, -0.2) is 0 Å². The third-order valence-corrected chi connectivity index (χ3v) is 7.00. The maximum Gasteiger partial charge on any atom is 0.228 e. The molecule has 0 aromatic heterocycles. The van der Waals surface area contributed by atoms with Gasteiger partial charge in [-0.3, -0.25) is 4.79 Å². The van der Waals surface area contributed by atoms with Crippen LogP contribution in [0.4, 0.5) is 0 Å². The van der Waals surface area contributed by atoms with Crippen LogP contribution < -0.4 is 0 Å². The van der Waals surface area contributed by atoms with Crippen LogP contribution in [0.15, 0.2) is 0 Å². The van der Waals surface area contributed by atoms with Crippen molar-refractivity contribution in [2.45, 2.75) is 64.4 Å². The first-order valence-corrected chi connectivity index (χ1v) is 9.03. The monoisotopic (exact) mass is 291 g/mol. The Balaban J connectivity index is 1.46. The maximum absolute atomic E-state index is 13.2. The number of hydrogen-bond acceptors (Lipinski definition) is 2. The second-order valence-electron chi connectivity index (χ2n) is 8.57. The Morgan fingerprint density at radius 3 is 1.95 bits per heavy atom. The van der Waals surface area contributed by atoms with Crippen LogP contribution >= 0.6 is 0 Å². The molecule has 1 heterocycles. The Morgan fingerprint density at radius 2 is 1.52 bits per heavy atom. The number of hydrogen-bond donors (Lipinski definition) is 1. The molecule has 1 unspecified atom stereocenters. The number of aliphatic hydroxyl groups excluding tert-OH is 1. The van der Waals surface area contributed by atoms with E-state index in [9.17, 15) is 9.90 Å². The number of aliphatic hydroxyl groups is 1. The minimum atomic E-state index is -0.221. The van der Waals surface area contributed by atoms with Gasteiger partial charge in [0.1, 0.15) is 0 Å². The van der Waals surface area contributed by atoms with Gasteiger partial charge in [0.25, 0.3) is 0 Å². The van der Waals surface area contributed by atoms with Gasteiger partial charge >= 0.3 is 0 Å². The smallest absolute Gasteiger partial charge is 0.228 e. The number of carbonyl (C=O) groups excluding carboxylic acids is 1. The largest absolute Gasteiger partial charge is 0.393 e. The molecule has 0 aromatic carbocycles. The summed E-state index contributed by atoms with van der Waals surface area (Å²) in [5, 5.41) is 9.73. The summed E-state index contributed by atoms with van der Waals surface area (Å²) < 4.78 is 0. The van der Waals surface area contributed by atoms with Crippen LogP contribution in [0.3, 0.4) is 0 Å². The molecule has 1 N–H and O–H groups in total. The molecule has 0 aromatic rings. The van der Waals surface area contributed by atoms with E-state index in [0.717, 1.165) is 43.7 Å². The molecule has 118 valence electrons. The summed E-state index contributed by atoms with van der Waals surface area (Å²) in [6, 6.07) is 0. The van der Waals surface area contributed by atoms with Crippen LogP contribution in [-0.4, -0.2) is 35.1 Å². The van der Waals surface area contributed by atoms with Gasteiger partial charge in [0.05, 0.1) is 11.5 Å². The van der Waals surface area contributed by atoms with Gasteiger partial charge in [0.2, 0.25) is 5.91 Å². The number of piperidine rings is 1. The molecule has 5 fully saturated rings. The third-order valence-electron chi connectivity index (χ3n) is 7.00. The summed E-state index contributed by atoms with van der Waals surface area (Å²) in [5.74, 6) is 3.40. The lowest BCUT2D eigenvalue weighted by Gasteiger charge is -2.57. The summed E-state index contributed by atoms with van der Waals surface area (Å²) in [4.78, 5) is 15.3. The molecule has 3 nitrogen and oxygen atoms in total. The molecule has 0 spiro atoms. The third kappa shape index (κ3) is 2.32. The molecule has 5 rings (SSSR count). The van der Waals surface area contributed by atoms with Crippen LogP contribution in [0.5, 0.6) is 0 Å². The van der Waals surface area contributed by atoms with Crippen molar-refractivity contribution in [3.05, 3.63) is 0 Å². The Labute approximate surface area is 128 Å². The lowest BCUT2D eigenvalue weighted by molar-refractivity contribution is -0.159. The van der Waals surface area contributed by atoms with Crippen LogP contribution in [0.25, 0.3) is 0 Å². The second-order valence-corrected chi connectivity index (χ2v) is 8.57. The lowest BCUT2D eigenvalue weighted by atomic mass is 9.49. The quantitative estimate of drug-likeness (QED) is 0.850. The van der Waals surface area contributed by atoms with E-state index in [4.69, 9.17) is 0 Å². The molecule has 1 saturated heterocycles. The van der Waals surface area contributed by atoms with Crippen molar-refractivity contribution in [3.63, 3.8) is 0 Å². The first kappa shape index (κ1) is 14.0.